The Morgan fingerprint density at radius 3 is 1.92 bits per heavy atom. The highest BCUT2D eigenvalue weighted by Crippen LogP contribution is 2.31. The maximum atomic E-state index is 12.7. The fourth-order valence-corrected chi connectivity index (χ4v) is 3.43. The summed E-state index contributed by atoms with van der Waals surface area (Å²) < 4.78 is 16.6. The summed E-state index contributed by atoms with van der Waals surface area (Å²) in [5, 5.41) is 12.7. The van der Waals surface area contributed by atoms with Gasteiger partial charge in [-0.1, -0.05) is 67.4 Å². The molecule has 0 aliphatic carbocycles. The van der Waals surface area contributed by atoms with Crippen molar-refractivity contribution < 1.29 is 38.5 Å². The zero-order valence-corrected chi connectivity index (χ0v) is 24.7. The smallest absolute Gasteiger partial charge is 0.321 e. The van der Waals surface area contributed by atoms with Crippen molar-refractivity contribution in [1.29, 1.82) is 0 Å². The molecule has 3 unspecified atom stereocenters. The molecule has 0 amide bonds. The SMILES string of the molecule is CCCCCC(=O)OC(C)CN[C@@H](Cc1ccc(OC(=O)C(C)C(C)C)c(OC(=O)C(C)C(C)C)c1)C(=O)O. The van der Waals surface area contributed by atoms with Crippen molar-refractivity contribution in [2.45, 2.75) is 99.6 Å². The number of esters is 3. The average molecular weight is 550 g/mol. The van der Waals surface area contributed by atoms with Crippen molar-refractivity contribution in [1.82, 2.24) is 5.32 Å². The van der Waals surface area contributed by atoms with Gasteiger partial charge in [0.15, 0.2) is 11.5 Å². The molecule has 9 nitrogen and oxygen atoms in total. The molecule has 220 valence electrons. The maximum absolute atomic E-state index is 12.7. The lowest BCUT2D eigenvalue weighted by Crippen LogP contribution is -2.42. The number of rotatable bonds is 17. The number of benzene rings is 1. The fraction of sp³-hybridized carbons (Fsp3) is 0.667. The van der Waals surface area contributed by atoms with Crippen LogP contribution < -0.4 is 14.8 Å². The van der Waals surface area contributed by atoms with E-state index in [9.17, 15) is 24.3 Å². The number of aliphatic carboxylic acids is 1. The first-order chi connectivity index (χ1) is 18.3. The largest absolute Gasteiger partial charge is 0.480 e. The third-order valence-electron chi connectivity index (χ3n) is 6.88. The molecule has 9 heteroatoms. The van der Waals surface area contributed by atoms with Gasteiger partial charge in [0.05, 0.1) is 11.8 Å². The molecule has 4 atom stereocenters. The van der Waals surface area contributed by atoms with Crippen molar-refractivity contribution in [3.05, 3.63) is 23.8 Å². The van der Waals surface area contributed by atoms with Crippen LogP contribution in [0.3, 0.4) is 0 Å². The van der Waals surface area contributed by atoms with Crippen LogP contribution in [0.1, 0.15) is 86.6 Å². The maximum Gasteiger partial charge on any atom is 0.321 e. The molecule has 0 spiro atoms. The Labute approximate surface area is 233 Å². The van der Waals surface area contributed by atoms with Crippen LogP contribution >= 0.6 is 0 Å². The van der Waals surface area contributed by atoms with Crippen molar-refractivity contribution in [2.75, 3.05) is 6.54 Å². The van der Waals surface area contributed by atoms with Crippen LogP contribution in [0.15, 0.2) is 18.2 Å². The van der Waals surface area contributed by atoms with E-state index in [1.165, 1.54) is 12.1 Å². The van der Waals surface area contributed by atoms with Gasteiger partial charge >= 0.3 is 23.9 Å². The Kier molecular flexibility index (Phi) is 14.8. The van der Waals surface area contributed by atoms with E-state index in [1.807, 2.05) is 27.7 Å². The number of ether oxygens (including phenoxy) is 3. The summed E-state index contributed by atoms with van der Waals surface area (Å²) in [6.07, 6.45) is 2.61. The predicted molar refractivity (Wildman–Crippen MR) is 149 cm³/mol. The molecule has 0 bridgehead atoms. The number of carbonyl (C=O) groups excluding carboxylic acids is 3. The van der Waals surface area contributed by atoms with E-state index in [1.54, 1.807) is 26.8 Å². The van der Waals surface area contributed by atoms with E-state index >= 15 is 0 Å². The molecule has 0 radical (unpaired) electrons. The summed E-state index contributed by atoms with van der Waals surface area (Å²) in [4.78, 5) is 49.2. The van der Waals surface area contributed by atoms with Gasteiger partial charge in [-0.15, -0.1) is 0 Å². The van der Waals surface area contributed by atoms with Gasteiger partial charge in [-0.25, -0.2) is 0 Å². The number of carbonyl (C=O) groups is 4. The van der Waals surface area contributed by atoms with Crippen molar-refractivity contribution in [3.63, 3.8) is 0 Å². The minimum atomic E-state index is -1.08. The van der Waals surface area contributed by atoms with Gasteiger partial charge in [0.2, 0.25) is 0 Å². The van der Waals surface area contributed by atoms with E-state index in [4.69, 9.17) is 14.2 Å². The topological polar surface area (TPSA) is 128 Å². The lowest BCUT2D eigenvalue weighted by Gasteiger charge is -2.20. The van der Waals surface area contributed by atoms with Gasteiger partial charge in [0.25, 0.3) is 0 Å². The molecule has 0 saturated heterocycles. The van der Waals surface area contributed by atoms with Gasteiger partial charge in [-0.3, -0.25) is 19.2 Å². The molecule has 0 heterocycles. The number of unbranched alkanes of at least 4 members (excludes halogenated alkanes) is 2. The summed E-state index contributed by atoms with van der Waals surface area (Å²) in [7, 11) is 0. The van der Waals surface area contributed by atoms with E-state index in [0.29, 0.717) is 12.0 Å². The molecule has 1 aromatic carbocycles. The molecule has 0 aliphatic rings. The predicted octanol–water partition coefficient (Wildman–Crippen LogP) is 5.18. The van der Waals surface area contributed by atoms with Crippen LogP contribution in [-0.2, 0) is 30.3 Å². The quantitative estimate of drug-likeness (QED) is 0.153. The van der Waals surface area contributed by atoms with Crippen molar-refractivity contribution in [2.24, 2.45) is 23.7 Å². The van der Waals surface area contributed by atoms with Gasteiger partial charge in [-0.05, 0) is 49.3 Å². The molecule has 39 heavy (non-hydrogen) atoms. The number of carboxylic acid groups (broad SMARTS) is 1. The second-order valence-corrected chi connectivity index (χ2v) is 10.9. The molecular weight excluding hydrogens is 502 g/mol. The first-order valence-electron chi connectivity index (χ1n) is 14.0. The van der Waals surface area contributed by atoms with Gasteiger partial charge in [-0.2, -0.15) is 0 Å². The Balaban J connectivity index is 3.04. The van der Waals surface area contributed by atoms with E-state index in [-0.39, 0.29) is 48.2 Å². The average Bonchev–Trinajstić information content (AvgIpc) is 2.86. The number of hydrogen-bond acceptors (Lipinski definition) is 8. The Morgan fingerprint density at radius 2 is 1.41 bits per heavy atom. The number of carboxylic acids is 1. The van der Waals surface area contributed by atoms with Gasteiger partial charge < -0.3 is 24.6 Å². The molecule has 0 saturated carbocycles. The molecular formula is C30H47NO8. The summed E-state index contributed by atoms with van der Waals surface area (Å²) in [5.74, 6) is -2.81. The Bertz CT molecular complexity index is 958. The van der Waals surface area contributed by atoms with E-state index in [2.05, 4.69) is 12.2 Å². The monoisotopic (exact) mass is 549 g/mol. The third kappa shape index (κ3) is 12.2. The van der Waals surface area contributed by atoms with Crippen molar-refractivity contribution >= 4 is 23.9 Å². The zero-order valence-electron chi connectivity index (χ0n) is 24.7. The van der Waals surface area contributed by atoms with Crippen LogP contribution in [0.25, 0.3) is 0 Å². The number of hydrogen-bond donors (Lipinski definition) is 2. The minimum Gasteiger partial charge on any atom is -0.480 e. The molecule has 0 fully saturated rings. The second kappa shape index (κ2) is 16.9. The highest BCUT2D eigenvalue weighted by molar-refractivity contribution is 5.79. The zero-order chi connectivity index (χ0) is 29.7. The summed E-state index contributed by atoms with van der Waals surface area (Å²) >= 11 is 0. The van der Waals surface area contributed by atoms with E-state index < -0.39 is 36.0 Å². The first-order valence-corrected chi connectivity index (χ1v) is 14.0. The van der Waals surface area contributed by atoms with Crippen LogP contribution in [0, 0.1) is 23.7 Å². The Hall–Kier alpha value is -2.94. The van der Waals surface area contributed by atoms with Gasteiger partial charge in [0.1, 0.15) is 12.1 Å². The van der Waals surface area contributed by atoms with Crippen LogP contribution in [0.4, 0.5) is 0 Å². The highest BCUT2D eigenvalue weighted by Gasteiger charge is 2.25. The third-order valence-corrected chi connectivity index (χ3v) is 6.88. The van der Waals surface area contributed by atoms with E-state index in [0.717, 1.165) is 19.3 Å². The van der Waals surface area contributed by atoms with Crippen molar-refractivity contribution in [3.8, 4) is 11.5 Å². The molecule has 0 aliphatic heterocycles. The lowest BCUT2D eigenvalue weighted by atomic mass is 9.98. The summed E-state index contributed by atoms with van der Waals surface area (Å²) in [6, 6.07) is 3.70. The molecule has 0 aromatic heterocycles. The molecule has 1 aromatic rings. The second-order valence-electron chi connectivity index (χ2n) is 10.9. The lowest BCUT2D eigenvalue weighted by molar-refractivity contribution is -0.148. The molecule has 2 N–H and O–H groups in total. The number of nitrogens with one attached hydrogen (secondary N) is 1. The van der Waals surface area contributed by atoms with Crippen LogP contribution in [-0.4, -0.2) is 47.7 Å². The summed E-state index contributed by atoms with van der Waals surface area (Å²) in [5.41, 5.74) is 0.566. The fourth-order valence-electron chi connectivity index (χ4n) is 3.43. The molecule has 1 rings (SSSR count). The highest BCUT2D eigenvalue weighted by atomic mass is 16.6. The first kappa shape index (κ1) is 34.1. The summed E-state index contributed by atoms with van der Waals surface area (Å²) in [6.45, 7) is 15.1. The van der Waals surface area contributed by atoms with Crippen LogP contribution in [0.5, 0.6) is 11.5 Å². The minimum absolute atomic E-state index is 0.0379. The van der Waals surface area contributed by atoms with Gasteiger partial charge in [0, 0.05) is 13.0 Å². The normalized spacial score (nSPS) is 14.4. The standard InChI is InChI=1S/C30H47NO8/c1-9-10-11-12-27(32)37-20(6)17-31-24(28(33)34)15-23-13-14-25(38-29(35)21(7)18(2)3)26(16-23)39-30(36)22(8)19(4)5/h13-14,16,18-22,24,31H,9-12,15,17H2,1-8H3,(H,33,34)/t20?,21?,22?,24-/m0/s1. The Morgan fingerprint density at radius 1 is 0.846 bits per heavy atom. The van der Waals surface area contributed by atoms with Crippen LogP contribution in [0.2, 0.25) is 0 Å².